The molecule has 2 N–H and O–H groups in total. The molecule has 0 saturated heterocycles. The summed E-state index contributed by atoms with van der Waals surface area (Å²) in [5, 5.41) is 5.78. The number of thiophene rings is 1. The number of primary sulfonamides is 1. The molecule has 0 amide bonds. The number of hydrogen-bond acceptors (Lipinski definition) is 6. The average molecular weight is 315 g/mol. The van der Waals surface area contributed by atoms with Crippen molar-refractivity contribution in [3.8, 4) is 5.75 Å². The van der Waals surface area contributed by atoms with E-state index >= 15 is 0 Å². The summed E-state index contributed by atoms with van der Waals surface area (Å²) in [6, 6.07) is 6.51. The van der Waals surface area contributed by atoms with Crippen molar-refractivity contribution in [3.63, 3.8) is 0 Å². The van der Waals surface area contributed by atoms with Gasteiger partial charge in [0.05, 0.1) is 6.61 Å². The number of fused-ring (bicyclic) bond motifs is 1. The van der Waals surface area contributed by atoms with Crippen molar-refractivity contribution in [2.45, 2.75) is 11.1 Å². The SMILES string of the molecule is CCOC(=O)COc1ccc2sc(S(N)(=O)=O)cc2c1. The van der Waals surface area contributed by atoms with Crippen molar-refractivity contribution < 1.29 is 22.7 Å². The zero-order chi connectivity index (χ0) is 14.8. The van der Waals surface area contributed by atoms with Gasteiger partial charge in [0.15, 0.2) is 6.61 Å². The first-order valence-corrected chi connectivity index (χ1v) is 8.11. The lowest BCUT2D eigenvalue weighted by atomic mass is 10.2. The Hall–Kier alpha value is -1.64. The lowest BCUT2D eigenvalue weighted by Crippen LogP contribution is -2.14. The van der Waals surface area contributed by atoms with Crippen molar-refractivity contribution >= 4 is 37.4 Å². The topological polar surface area (TPSA) is 95.7 Å². The molecule has 8 heteroatoms. The van der Waals surface area contributed by atoms with Crippen molar-refractivity contribution in [3.05, 3.63) is 24.3 Å². The lowest BCUT2D eigenvalue weighted by Gasteiger charge is -2.05. The summed E-state index contributed by atoms with van der Waals surface area (Å²) in [5.74, 6) is 0.00691. The Kier molecular flexibility index (Phi) is 4.26. The first-order chi connectivity index (χ1) is 9.40. The number of hydrogen-bond donors (Lipinski definition) is 1. The standard InChI is InChI=1S/C12H13NO5S2/c1-2-17-11(14)7-18-9-3-4-10-8(5-9)6-12(19-10)20(13,15)16/h3-6H,2,7H2,1H3,(H2,13,15,16). The maximum Gasteiger partial charge on any atom is 0.344 e. The van der Waals surface area contributed by atoms with Gasteiger partial charge in [-0.15, -0.1) is 11.3 Å². The third-order valence-electron chi connectivity index (χ3n) is 2.41. The van der Waals surface area contributed by atoms with Crippen LogP contribution in [0, 0.1) is 0 Å². The van der Waals surface area contributed by atoms with Crippen LogP contribution in [0.25, 0.3) is 10.1 Å². The van der Waals surface area contributed by atoms with Crippen LogP contribution in [0.5, 0.6) is 5.75 Å². The quantitative estimate of drug-likeness (QED) is 0.843. The summed E-state index contributed by atoms with van der Waals surface area (Å²) < 4.78 is 33.4. The largest absolute Gasteiger partial charge is 0.482 e. The molecular weight excluding hydrogens is 302 g/mol. The Morgan fingerprint density at radius 3 is 2.75 bits per heavy atom. The predicted molar refractivity (Wildman–Crippen MR) is 75.3 cm³/mol. The maximum absolute atomic E-state index is 11.3. The maximum atomic E-state index is 11.3. The van der Waals surface area contributed by atoms with Crippen LogP contribution in [0.4, 0.5) is 0 Å². The Labute approximate surface area is 120 Å². The van der Waals surface area contributed by atoms with Gasteiger partial charge in [0.25, 0.3) is 0 Å². The van der Waals surface area contributed by atoms with Gasteiger partial charge in [-0.05, 0) is 36.6 Å². The molecule has 0 spiro atoms. The van der Waals surface area contributed by atoms with Crippen LogP contribution in [-0.4, -0.2) is 27.6 Å². The van der Waals surface area contributed by atoms with Crippen LogP contribution in [-0.2, 0) is 19.6 Å². The van der Waals surface area contributed by atoms with Gasteiger partial charge in [0.1, 0.15) is 9.96 Å². The Morgan fingerprint density at radius 1 is 1.35 bits per heavy atom. The van der Waals surface area contributed by atoms with Crippen LogP contribution in [0.15, 0.2) is 28.5 Å². The van der Waals surface area contributed by atoms with Gasteiger partial charge in [-0.2, -0.15) is 0 Å². The van der Waals surface area contributed by atoms with Gasteiger partial charge in [-0.25, -0.2) is 18.4 Å². The molecule has 0 saturated carbocycles. The second-order valence-electron chi connectivity index (χ2n) is 3.90. The number of ether oxygens (including phenoxy) is 2. The molecule has 0 aliphatic carbocycles. The van der Waals surface area contributed by atoms with E-state index < -0.39 is 16.0 Å². The second-order valence-corrected chi connectivity index (χ2v) is 6.78. The minimum Gasteiger partial charge on any atom is -0.482 e. The number of benzene rings is 1. The highest BCUT2D eigenvalue weighted by Crippen LogP contribution is 2.30. The summed E-state index contributed by atoms with van der Waals surface area (Å²) >= 11 is 1.09. The number of carbonyl (C=O) groups excluding carboxylic acids is 1. The molecule has 0 fully saturated rings. The summed E-state index contributed by atoms with van der Waals surface area (Å²) in [7, 11) is -3.71. The third kappa shape index (κ3) is 3.47. The van der Waals surface area contributed by atoms with Gasteiger partial charge in [0.2, 0.25) is 10.0 Å². The number of rotatable bonds is 5. The highest BCUT2D eigenvalue weighted by molar-refractivity contribution is 7.91. The van der Waals surface area contributed by atoms with Gasteiger partial charge >= 0.3 is 5.97 Å². The molecule has 6 nitrogen and oxygen atoms in total. The van der Waals surface area contributed by atoms with Gasteiger partial charge in [-0.1, -0.05) is 0 Å². The molecule has 0 atom stereocenters. The molecule has 1 heterocycles. The molecule has 108 valence electrons. The molecule has 0 aliphatic rings. The van der Waals surface area contributed by atoms with Crippen molar-refractivity contribution in [1.82, 2.24) is 0 Å². The molecule has 0 unspecified atom stereocenters. The van der Waals surface area contributed by atoms with E-state index in [0.29, 0.717) is 17.7 Å². The van der Waals surface area contributed by atoms with E-state index in [0.717, 1.165) is 16.0 Å². The molecule has 0 bridgehead atoms. The van der Waals surface area contributed by atoms with Crippen molar-refractivity contribution in [2.75, 3.05) is 13.2 Å². The van der Waals surface area contributed by atoms with Crippen molar-refractivity contribution in [1.29, 1.82) is 0 Å². The Bertz CT molecular complexity index is 735. The first-order valence-electron chi connectivity index (χ1n) is 5.75. The van der Waals surface area contributed by atoms with E-state index in [-0.39, 0.29) is 10.8 Å². The zero-order valence-electron chi connectivity index (χ0n) is 10.7. The molecule has 1 aromatic carbocycles. The number of esters is 1. The summed E-state index contributed by atoms with van der Waals surface area (Å²) in [6.07, 6.45) is 0. The minimum absolute atomic E-state index is 0.0926. The van der Waals surface area contributed by atoms with Gasteiger partial charge in [0, 0.05) is 4.70 Å². The summed E-state index contributed by atoms with van der Waals surface area (Å²) in [5.41, 5.74) is 0. The van der Waals surface area contributed by atoms with E-state index in [9.17, 15) is 13.2 Å². The Morgan fingerprint density at radius 2 is 2.10 bits per heavy atom. The fraction of sp³-hybridized carbons (Fsp3) is 0.250. The fourth-order valence-electron chi connectivity index (χ4n) is 1.57. The smallest absolute Gasteiger partial charge is 0.344 e. The normalized spacial score (nSPS) is 11.5. The second kappa shape index (κ2) is 5.78. The number of sulfonamides is 1. The highest BCUT2D eigenvalue weighted by Gasteiger charge is 2.13. The third-order valence-corrected chi connectivity index (χ3v) is 4.94. The van der Waals surface area contributed by atoms with Crippen LogP contribution in [0.3, 0.4) is 0 Å². The lowest BCUT2D eigenvalue weighted by molar-refractivity contribution is -0.145. The van der Waals surface area contributed by atoms with Crippen LogP contribution in [0.1, 0.15) is 6.92 Å². The van der Waals surface area contributed by atoms with E-state index in [4.69, 9.17) is 14.6 Å². The van der Waals surface area contributed by atoms with Crippen LogP contribution < -0.4 is 9.88 Å². The number of nitrogens with two attached hydrogens (primary N) is 1. The molecule has 20 heavy (non-hydrogen) atoms. The molecule has 0 radical (unpaired) electrons. The van der Waals surface area contributed by atoms with Crippen LogP contribution >= 0.6 is 11.3 Å². The predicted octanol–water partition coefficient (Wildman–Crippen LogP) is 1.49. The van der Waals surface area contributed by atoms with Crippen molar-refractivity contribution in [2.24, 2.45) is 5.14 Å². The monoisotopic (exact) mass is 315 g/mol. The average Bonchev–Trinajstić information content (AvgIpc) is 2.79. The van der Waals surface area contributed by atoms with E-state index in [1.807, 2.05) is 0 Å². The summed E-state index contributed by atoms with van der Waals surface area (Å²) in [6.45, 7) is 1.82. The van der Waals surface area contributed by atoms with E-state index in [2.05, 4.69) is 0 Å². The van der Waals surface area contributed by atoms with Gasteiger partial charge < -0.3 is 9.47 Å². The molecule has 0 aliphatic heterocycles. The molecule has 2 rings (SSSR count). The Balaban J connectivity index is 2.19. The minimum atomic E-state index is -3.71. The molecule has 1 aromatic heterocycles. The molecule has 2 aromatic rings. The first kappa shape index (κ1) is 14.8. The highest BCUT2D eigenvalue weighted by atomic mass is 32.2. The summed E-state index contributed by atoms with van der Waals surface area (Å²) in [4.78, 5) is 11.2. The zero-order valence-corrected chi connectivity index (χ0v) is 12.3. The fourth-order valence-corrected chi connectivity index (χ4v) is 3.37. The van der Waals surface area contributed by atoms with Gasteiger partial charge in [-0.3, -0.25) is 0 Å². The van der Waals surface area contributed by atoms with E-state index in [1.54, 1.807) is 25.1 Å². The van der Waals surface area contributed by atoms with E-state index in [1.165, 1.54) is 6.07 Å². The van der Waals surface area contributed by atoms with Crippen LogP contribution in [0.2, 0.25) is 0 Å². The molecular formula is C12H13NO5S2. The number of carbonyl (C=O) groups is 1.